The minimum absolute atomic E-state index is 0.341. The maximum Gasteiger partial charge on any atom is 0.248 e. The fraction of sp³-hybridized carbons (Fsp3) is 0.167. The molecule has 0 bridgehead atoms. The molecule has 132 valence electrons. The van der Waals surface area contributed by atoms with Gasteiger partial charge in [0.1, 0.15) is 5.75 Å². The average Bonchev–Trinajstić information content (AvgIpc) is 2.59. The van der Waals surface area contributed by atoms with Crippen LogP contribution in [-0.2, 0) is 4.79 Å². The van der Waals surface area contributed by atoms with Gasteiger partial charge in [0.05, 0.1) is 32.0 Å². The van der Waals surface area contributed by atoms with Gasteiger partial charge in [-0.3, -0.25) is 4.79 Å². The number of halogens is 2. The number of carbonyl (C=O) groups excluding carboxylic acids is 1. The highest BCUT2D eigenvalue weighted by molar-refractivity contribution is 6.32. The number of anilines is 1. The summed E-state index contributed by atoms with van der Waals surface area (Å²) in [5.74, 6) is 1.09. The van der Waals surface area contributed by atoms with Crippen molar-refractivity contribution in [2.24, 2.45) is 0 Å². The molecule has 0 saturated carbocycles. The summed E-state index contributed by atoms with van der Waals surface area (Å²) >= 11 is 12.1. The Labute approximate surface area is 156 Å². The van der Waals surface area contributed by atoms with E-state index in [2.05, 4.69) is 5.32 Å². The molecule has 0 spiro atoms. The normalized spacial score (nSPS) is 10.6. The summed E-state index contributed by atoms with van der Waals surface area (Å²) in [4.78, 5) is 12.1. The van der Waals surface area contributed by atoms with Crippen LogP contribution in [0, 0.1) is 0 Å². The number of amides is 1. The number of nitrogens with one attached hydrogen (secondary N) is 1. The van der Waals surface area contributed by atoms with E-state index in [4.69, 9.17) is 37.4 Å². The Hall–Kier alpha value is -2.37. The molecule has 0 unspecified atom stereocenters. The maximum absolute atomic E-state index is 12.1. The molecule has 0 heterocycles. The molecule has 5 nitrogen and oxygen atoms in total. The van der Waals surface area contributed by atoms with Gasteiger partial charge in [0.25, 0.3) is 0 Å². The van der Waals surface area contributed by atoms with Crippen molar-refractivity contribution in [3.63, 3.8) is 0 Å². The van der Waals surface area contributed by atoms with Gasteiger partial charge in [0.15, 0.2) is 11.5 Å². The zero-order chi connectivity index (χ0) is 18.4. The fourth-order valence-corrected chi connectivity index (χ4v) is 2.63. The summed E-state index contributed by atoms with van der Waals surface area (Å²) in [5.41, 5.74) is 1.17. The van der Waals surface area contributed by atoms with Crippen molar-refractivity contribution in [2.75, 3.05) is 26.6 Å². The number of hydrogen-bond donors (Lipinski definition) is 1. The van der Waals surface area contributed by atoms with Gasteiger partial charge < -0.3 is 19.5 Å². The van der Waals surface area contributed by atoms with Gasteiger partial charge in [-0.1, -0.05) is 23.2 Å². The van der Waals surface area contributed by atoms with Gasteiger partial charge in [-0.25, -0.2) is 0 Å². The molecule has 0 aliphatic heterocycles. The minimum Gasteiger partial charge on any atom is -0.495 e. The van der Waals surface area contributed by atoms with Crippen LogP contribution >= 0.6 is 23.2 Å². The van der Waals surface area contributed by atoms with Crippen molar-refractivity contribution in [3.8, 4) is 17.2 Å². The van der Waals surface area contributed by atoms with E-state index < -0.39 is 0 Å². The van der Waals surface area contributed by atoms with Crippen molar-refractivity contribution in [1.29, 1.82) is 0 Å². The zero-order valence-corrected chi connectivity index (χ0v) is 15.4. The summed E-state index contributed by atoms with van der Waals surface area (Å²) in [6.07, 6.45) is 2.98. The molecule has 1 N–H and O–H groups in total. The molecular weight excluding hydrogens is 365 g/mol. The predicted octanol–water partition coefficient (Wildman–Crippen LogP) is 4.67. The number of rotatable bonds is 6. The van der Waals surface area contributed by atoms with Crippen molar-refractivity contribution in [3.05, 3.63) is 52.0 Å². The van der Waals surface area contributed by atoms with E-state index in [1.54, 1.807) is 36.4 Å². The maximum atomic E-state index is 12.1. The number of hydrogen-bond acceptors (Lipinski definition) is 4. The Morgan fingerprint density at radius 3 is 2.36 bits per heavy atom. The lowest BCUT2D eigenvalue weighted by Gasteiger charge is -2.10. The Bertz CT molecular complexity index is 806. The lowest BCUT2D eigenvalue weighted by molar-refractivity contribution is -0.111. The van der Waals surface area contributed by atoms with Crippen LogP contribution in [0.5, 0.6) is 17.2 Å². The third-order valence-corrected chi connectivity index (χ3v) is 3.82. The summed E-state index contributed by atoms with van der Waals surface area (Å²) in [6.45, 7) is 0. The van der Waals surface area contributed by atoms with Crippen LogP contribution in [0.3, 0.4) is 0 Å². The number of methoxy groups -OCH3 is 3. The minimum atomic E-state index is -0.341. The van der Waals surface area contributed by atoms with E-state index in [0.717, 1.165) is 0 Å². The third-order valence-electron chi connectivity index (χ3n) is 3.30. The molecule has 0 aromatic heterocycles. The van der Waals surface area contributed by atoms with Gasteiger partial charge in [0.2, 0.25) is 5.91 Å². The third kappa shape index (κ3) is 4.81. The summed E-state index contributed by atoms with van der Waals surface area (Å²) in [5, 5.41) is 3.59. The summed E-state index contributed by atoms with van der Waals surface area (Å²) in [7, 11) is 4.53. The van der Waals surface area contributed by atoms with Crippen LogP contribution in [0.2, 0.25) is 10.0 Å². The van der Waals surface area contributed by atoms with Gasteiger partial charge >= 0.3 is 0 Å². The van der Waals surface area contributed by atoms with Gasteiger partial charge in [0, 0.05) is 11.1 Å². The largest absolute Gasteiger partial charge is 0.495 e. The van der Waals surface area contributed by atoms with Crippen molar-refractivity contribution in [2.45, 2.75) is 0 Å². The number of benzene rings is 2. The Morgan fingerprint density at radius 2 is 1.72 bits per heavy atom. The SMILES string of the molecule is COc1ccc(Cl)cc1NC(=O)/C=C/c1cc(Cl)c(OC)c(OC)c1. The molecule has 0 aliphatic rings. The van der Waals surface area contributed by atoms with E-state index in [0.29, 0.717) is 38.5 Å². The van der Waals surface area contributed by atoms with E-state index in [9.17, 15) is 4.79 Å². The van der Waals surface area contributed by atoms with E-state index >= 15 is 0 Å². The van der Waals surface area contributed by atoms with Crippen LogP contribution in [0.15, 0.2) is 36.4 Å². The lowest BCUT2D eigenvalue weighted by Crippen LogP contribution is -2.08. The quantitative estimate of drug-likeness (QED) is 0.738. The molecule has 2 aromatic carbocycles. The Morgan fingerprint density at radius 1 is 1.00 bits per heavy atom. The van der Waals surface area contributed by atoms with Crippen LogP contribution < -0.4 is 19.5 Å². The molecule has 7 heteroatoms. The Kier molecular flexibility index (Phi) is 6.56. The highest BCUT2D eigenvalue weighted by Gasteiger charge is 2.10. The molecule has 0 saturated heterocycles. The van der Waals surface area contributed by atoms with Crippen molar-refractivity contribution >= 4 is 40.9 Å². The van der Waals surface area contributed by atoms with Crippen LogP contribution in [0.4, 0.5) is 5.69 Å². The van der Waals surface area contributed by atoms with E-state index in [1.807, 2.05) is 0 Å². The van der Waals surface area contributed by atoms with Gasteiger partial charge in [-0.15, -0.1) is 0 Å². The Balaban J connectivity index is 2.18. The first kappa shape index (κ1) is 19.0. The fourth-order valence-electron chi connectivity index (χ4n) is 2.16. The standard InChI is InChI=1S/C18H17Cl2NO4/c1-23-15-6-5-12(19)10-14(15)21-17(22)7-4-11-8-13(20)18(25-3)16(9-11)24-2/h4-10H,1-3H3,(H,21,22)/b7-4+. The lowest BCUT2D eigenvalue weighted by atomic mass is 10.2. The average molecular weight is 382 g/mol. The molecule has 0 fully saturated rings. The first-order valence-electron chi connectivity index (χ1n) is 7.22. The summed E-state index contributed by atoms with van der Waals surface area (Å²) < 4.78 is 15.6. The molecule has 2 aromatic rings. The molecule has 2 rings (SSSR count). The molecule has 1 amide bonds. The van der Waals surface area contributed by atoms with Gasteiger partial charge in [-0.05, 0) is 42.0 Å². The second kappa shape index (κ2) is 8.65. The number of carbonyl (C=O) groups is 1. The first-order valence-corrected chi connectivity index (χ1v) is 7.98. The van der Waals surface area contributed by atoms with Crippen molar-refractivity contribution in [1.82, 2.24) is 0 Å². The van der Waals surface area contributed by atoms with Crippen molar-refractivity contribution < 1.29 is 19.0 Å². The van der Waals surface area contributed by atoms with Crippen LogP contribution in [0.1, 0.15) is 5.56 Å². The molecular formula is C18H17Cl2NO4. The second-order valence-electron chi connectivity index (χ2n) is 4.91. The summed E-state index contributed by atoms with van der Waals surface area (Å²) in [6, 6.07) is 8.35. The molecule has 0 aliphatic carbocycles. The van der Waals surface area contributed by atoms with Crippen LogP contribution in [-0.4, -0.2) is 27.2 Å². The molecule has 0 radical (unpaired) electrons. The second-order valence-corrected chi connectivity index (χ2v) is 5.75. The smallest absolute Gasteiger partial charge is 0.248 e. The van der Waals surface area contributed by atoms with E-state index in [1.165, 1.54) is 27.4 Å². The topological polar surface area (TPSA) is 56.8 Å². The molecule has 25 heavy (non-hydrogen) atoms. The highest BCUT2D eigenvalue weighted by Crippen LogP contribution is 2.36. The highest BCUT2D eigenvalue weighted by atomic mass is 35.5. The predicted molar refractivity (Wildman–Crippen MR) is 100 cm³/mol. The first-order chi connectivity index (χ1) is 12.0. The van der Waals surface area contributed by atoms with Crippen LogP contribution in [0.25, 0.3) is 6.08 Å². The zero-order valence-electron chi connectivity index (χ0n) is 13.9. The molecule has 0 atom stereocenters. The van der Waals surface area contributed by atoms with E-state index in [-0.39, 0.29) is 5.91 Å². The monoisotopic (exact) mass is 381 g/mol. The van der Waals surface area contributed by atoms with Gasteiger partial charge in [-0.2, -0.15) is 0 Å². The number of ether oxygens (including phenoxy) is 3.